The zero-order chi connectivity index (χ0) is 11.1. The first-order valence-corrected chi connectivity index (χ1v) is 5.28. The van der Waals surface area contributed by atoms with Crippen molar-refractivity contribution in [1.29, 1.82) is 0 Å². The van der Waals surface area contributed by atoms with E-state index in [2.05, 4.69) is 30.8 Å². The molecular formula is C10H23N3O. The average molecular weight is 201 g/mol. The maximum atomic E-state index is 8.65. The van der Waals surface area contributed by atoms with Crippen molar-refractivity contribution < 1.29 is 5.21 Å². The number of nitrogens with two attached hydrogens (primary N) is 1. The molecule has 0 aromatic carbocycles. The minimum absolute atomic E-state index is 0.0624. The fraction of sp³-hybridized carbons (Fsp3) is 0.900. The minimum Gasteiger partial charge on any atom is -0.409 e. The Morgan fingerprint density at radius 3 is 2.29 bits per heavy atom. The lowest BCUT2D eigenvalue weighted by Crippen LogP contribution is -2.45. The molecule has 0 aliphatic rings. The normalized spacial score (nSPS) is 15.1. The van der Waals surface area contributed by atoms with E-state index in [1.54, 1.807) is 0 Å². The van der Waals surface area contributed by atoms with Crippen LogP contribution in [0, 0.1) is 5.92 Å². The van der Waals surface area contributed by atoms with Gasteiger partial charge >= 0.3 is 0 Å². The Labute approximate surface area is 86.8 Å². The van der Waals surface area contributed by atoms with Crippen LogP contribution in [0.5, 0.6) is 0 Å². The van der Waals surface area contributed by atoms with Crippen molar-refractivity contribution in [2.45, 2.75) is 40.2 Å². The standard InChI is InChI=1S/C10H23N3O/c1-5-9(10(11)12-14)13(6-2)7-8(3)4/h8-9,14H,5-7H2,1-4H3,(H2,11,12). The smallest absolute Gasteiger partial charge is 0.156 e. The fourth-order valence-corrected chi connectivity index (χ4v) is 1.67. The molecule has 0 fully saturated rings. The van der Waals surface area contributed by atoms with Crippen molar-refractivity contribution in [2.75, 3.05) is 13.1 Å². The first-order valence-electron chi connectivity index (χ1n) is 5.28. The van der Waals surface area contributed by atoms with Crippen LogP contribution in [0.4, 0.5) is 0 Å². The SMILES string of the molecule is CCC(C(N)=NO)N(CC)CC(C)C. The van der Waals surface area contributed by atoms with Crippen LogP contribution < -0.4 is 5.73 Å². The monoisotopic (exact) mass is 201 g/mol. The second-order valence-corrected chi connectivity index (χ2v) is 3.93. The van der Waals surface area contributed by atoms with Crippen LogP contribution in [-0.4, -0.2) is 35.1 Å². The lowest BCUT2D eigenvalue weighted by atomic mass is 10.1. The first-order chi connectivity index (χ1) is 6.56. The lowest BCUT2D eigenvalue weighted by Gasteiger charge is -2.30. The molecule has 4 heteroatoms. The Bertz CT molecular complexity index is 180. The number of likely N-dealkylation sites (N-methyl/N-ethyl adjacent to an activating group) is 1. The van der Waals surface area contributed by atoms with Crippen LogP contribution in [-0.2, 0) is 0 Å². The summed E-state index contributed by atoms with van der Waals surface area (Å²) in [7, 11) is 0. The number of nitrogens with zero attached hydrogens (tertiary/aromatic N) is 2. The van der Waals surface area contributed by atoms with Crippen LogP contribution in [0.3, 0.4) is 0 Å². The van der Waals surface area contributed by atoms with Gasteiger partial charge in [-0.15, -0.1) is 0 Å². The van der Waals surface area contributed by atoms with Gasteiger partial charge in [0.05, 0.1) is 6.04 Å². The van der Waals surface area contributed by atoms with E-state index >= 15 is 0 Å². The highest BCUT2D eigenvalue weighted by Gasteiger charge is 2.19. The summed E-state index contributed by atoms with van der Waals surface area (Å²) in [5.74, 6) is 0.908. The Hall–Kier alpha value is -0.770. The highest BCUT2D eigenvalue weighted by Crippen LogP contribution is 2.07. The van der Waals surface area contributed by atoms with Crippen molar-refractivity contribution in [2.24, 2.45) is 16.8 Å². The molecule has 0 radical (unpaired) electrons. The number of hydrogen-bond acceptors (Lipinski definition) is 3. The predicted octanol–water partition coefficient (Wildman–Crippen LogP) is 1.49. The third-order valence-corrected chi connectivity index (χ3v) is 2.29. The quantitative estimate of drug-likeness (QED) is 0.296. The van der Waals surface area contributed by atoms with Crippen LogP contribution >= 0.6 is 0 Å². The number of hydrogen-bond donors (Lipinski definition) is 2. The summed E-state index contributed by atoms with van der Waals surface area (Å²) in [4.78, 5) is 2.24. The molecule has 1 unspecified atom stereocenters. The first kappa shape index (κ1) is 13.2. The Kier molecular flexibility index (Phi) is 6.28. The van der Waals surface area contributed by atoms with Crippen LogP contribution in [0.2, 0.25) is 0 Å². The van der Waals surface area contributed by atoms with Gasteiger partial charge in [0.15, 0.2) is 5.84 Å². The molecule has 0 aliphatic heterocycles. The highest BCUT2D eigenvalue weighted by molar-refractivity contribution is 5.85. The highest BCUT2D eigenvalue weighted by atomic mass is 16.4. The molecule has 0 amide bonds. The van der Waals surface area contributed by atoms with Crippen molar-refractivity contribution >= 4 is 5.84 Å². The number of rotatable bonds is 6. The van der Waals surface area contributed by atoms with E-state index in [9.17, 15) is 0 Å². The molecule has 84 valence electrons. The number of oxime groups is 1. The van der Waals surface area contributed by atoms with Gasteiger partial charge in [0.25, 0.3) is 0 Å². The van der Waals surface area contributed by atoms with Gasteiger partial charge in [-0.05, 0) is 18.9 Å². The third kappa shape index (κ3) is 3.96. The second kappa shape index (κ2) is 6.65. The van der Waals surface area contributed by atoms with Gasteiger partial charge in [-0.1, -0.05) is 32.9 Å². The van der Waals surface area contributed by atoms with E-state index in [1.807, 2.05) is 6.92 Å². The van der Waals surface area contributed by atoms with Gasteiger partial charge in [-0.2, -0.15) is 0 Å². The van der Waals surface area contributed by atoms with Gasteiger partial charge in [0.2, 0.25) is 0 Å². The average Bonchev–Trinajstić information content (AvgIpc) is 2.16. The Morgan fingerprint density at radius 2 is 2.00 bits per heavy atom. The van der Waals surface area contributed by atoms with E-state index in [0.717, 1.165) is 19.5 Å². The van der Waals surface area contributed by atoms with E-state index in [0.29, 0.717) is 11.8 Å². The molecule has 0 rings (SSSR count). The van der Waals surface area contributed by atoms with Crippen LogP contribution in [0.25, 0.3) is 0 Å². The summed E-state index contributed by atoms with van der Waals surface area (Å²) in [5, 5.41) is 11.7. The van der Waals surface area contributed by atoms with E-state index in [1.165, 1.54) is 0 Å². The molecule has 0 aromatic heterocycles. The summed E-state index contributed by atoms with van der Waals surface area (Å²) < 4.78 is 0. The van der Waals surface area contributed by atoms with Gasteiger partial charge in [-0.3, -0.25) is 4.90 Å². The molecular weight excluding hydrogens is 178 g/mol. The second-order valence-electron chi connectivity index (χ2n) is 3.93. The summed E-state index contributed by atoms with van der Waals surface area (Å²) in [6, 6.07) is 0.0624. The van der Waals surface area contributed by atoms with Crippen LogP contribution in [0.15, 0.2) is 5.16 Å². The van der Waals surface area contributed by atoms with Crippen molar-refractivity contribution in [3.8, 4) is 0 Å². The summed E-state index contributed by atoms with van der Waals surface area (Å²) in [6.45, 7) is 10.4. The molecule has 0 heterocycles. The van der Waals surface area contributed by atoms with Gasteiger partial charge in [-0.25, -0.2) is 0 Å². The maximum Gasteiger partial charge on any atom is 0.156 e. The predicted molar refractivity (Wildman–Crippen MR) is 59.6 cm³/mol. The molecule has 0 saturated carbocycles. The largest absolute Gasteiger partial charge is 0.409 e. The molecule has 0 saturated heterocycles. The Balaban J connectivity index is 4.44. The van der Waals surface area contributed by atoms with E-state index in [-0.39, 0.29) is 6.04 Å². The fourth-order valence-electron chi connectivity index (χ4n) is 1.67. The minimum atomic E-state index is 0.0624. The number of amidine groups is 1. The van der Waals surface area contributed by atoms with E-state index < -0.39 is 0 Å². The third-order valence-electron chi connectivity index (χ3n) is 2.29. The molecule has 1 atom stereocenters. The molecule has 0 aromatic rings. The molecule has 14 heavy (non-hydrogen) atoms. The van der Waals surface area contributed by atoms with Crippen LogP contribution in [0.1, 0.15) is 34.1 Å². The molecule has 3 N–H and O–H groups in total. The van der Waals surface area contributed by atoms with Crippen molar-refractivity contribution in [1.82, 2.24) is 4.90 Å². The molecule has 4 nitrogen and oxygen atoms in total. The zero-order valence-corrected chi connectivity index (χ0v) is 9.70. The lowest BCUT2D eigenvalue weighted by molar-refractivity contribution is 0.215. The molecule has 0 aliphatic carbocycles. The summed E-state index contributed by atoms with van der Waals surface area (Å²) >= 11 is 0. The zero-order valence-electron chi connectivity index (χ0n) is 9.70. The molecule has 0 spiro atoms. The summed E-state index contributed by atoms with van der Waals surface area (Å²) in [5.41, 5.74) is 5.64. The van der Waals surface area contributed by atoms with Crippen molar-refractivity contribution in [3.63, 3.8) is 0 Å². The van der Waals surface area contributed by atoms with E-state index in [4.69, 9.17) is 10.9 Å². The van der Waals surface area contributed by atoms with Crippen molar-refractivity contribution in [3.05, 3.63) is 0 Å². The van der Waals surface area contributed by atoms with Gasteiger partial charge < -0.3 is 10.9 Å². The van der Waals surface area contributed by atoms with Gasteiger partial charge in [0.1, 0.15) is 0 Å². The van der Waals surface area contributed by atoms with Gasteiger partial charge in [0, 0.05) is 6.54 Å². The summed E-state index contributed by atoms with van der Waals surface area (Å²) in [6.07, 6.45) is 0.871. The topological polar surface area (TPSA) is 61.9 Å². The maximum absolute atomic E-state index is 8.65. The molecule has 0 bridgehead atoms. The Morgan fingerprint density at radius 1 is 1.43 bits per heavy atom.